The van der Waals surface area contributed by atoms with Crippen molar-refractivity contribution in [3.63, 3.8) is 0 Å². The lowest BCUT2D eigenvalue weighted by Gasteiger charge is -2.17. The van der Waals surface area contributed by atoms with Gasteiger partial charge in [-0.05, 0) is 13.0 Å². The van der Waals surface area contributed by atoms with E-state index in [0.717, 1.165) is 0 Å². The smallest absolute Gasteiger partial charge is 0.161 e. The molecular formula is C13H17F2N3S. The zero-order chi connectivity index (χ0) is 14.5. The van der Waals surface area contributed by atoms with E-state index in [4.69, 9.17) is 0 Å². The first-order valence-electron chi connectivity index (χ1n) is 5.73. The third kappa shape index (κ3) is 3.17. The molecule has 104 valence electrons. The van der Waals surface area contributed by atoms with Gasteiger partial charge in [-0.3, -0.25) is 14.1 Å². The van der Waals surface area contributed by atoms with E-state index in [1.54, 1.807) is 19.2 Å². The molecule has 0 spiro atoms. The molecule has 1 saturated heterocycles. The number of hydrogen-bond donors (Lipinski definition) is 1. The van der Waals surface area contributed by atoms with Crippen molar-refractivity contribution in [3.8, 4) is 6.07 Å². The number of nitriles is 1. The van der Waals surface area contributed by atoms with Gasteiger partial charge in [-0.25, -0.2) is 4.39 Å². The Kier molecular flexibility index (Phi) is 5.58. The summed E-state index contributed by atoms with van der Waals surface area (Å²) >= 11 is 0. The lowest BCUT2D eigenvalue weighted by atomic mass is 10.1. The number of alkyl halides is 1. The topological polar surface area (TPSA) is 48.2 Å². The van der Waals surface area contributed by atoms with Gasteiger partial charge in [0, 0.05) is 24.4 Å². The molecule has 1 N–H and O–H groups in total. The van der Waals surface area contributed by atoms with Crippen LogP contribution in [0, 0.1) is 17.1 Å². The number of benzene rings is 1. The molecule has 0 aromatic heterocycles. The van der Waals surface area contributed by atoms with Crippen LogP contribution in [0.5, 0.6) is 0 Å². The average molecular weight is 285 g/mol. The van der Waals surface area contributed by atoms with E-state index >= 15 is 0 Å². The van der Waals surface area contributed by atoms with E-state index in [1.807, 2.05) is 13.0 Å². The highest BCUT2D eigenvalue weighted by atomic mass is 32.2. The van der Waals surface area contributed by atoms with Crippen LogP contribution in [0.15, 0.2) is 28.6 Å². The molecule has 0 amide bonds. The van der Waals surface area contributed by atoms with Gasteiger partial charge in [-0.2, -0.15) is 5.26 Å². The van der Waals surface area contributed by atoms with E-state index in [0.29, 0.717) is 18.5 Å². The summed E-state index contributed by atoms with van der Waals surface area (Å²) in [6.07, 6.45) is 0. The van der Waals surface area contributed by atoms with Crippen LogP contribution in [0.1, 0.15) is 18.5 Å². The van der Waals surface area contributed by atoms with Crippen LogP contribution in [0.25, 0.3) is 0 Å². The van der Waals surface area contributed by atoms with Crippen LogP contribution in [-0.2, 0) is 10.7 Å². The normalized spacial score (nSPS) is 29.5. The Hall–Kier alpha value is -1.32. The highest BCUT2D eigenvalue weighted by Crippen LogP contribution is 2.30. The van der Waals surface area contributed by atoms with Crippen molar-refractivity contribution in [1.29, 1.82) is 5.26 Å². The van der Waals surface area contributed by atoms with Crippen molar-refractivity contribution in [1.82, 2.24) is 5.32 Å². The second-order valence-corrected chi connectivity index (χ2v) is 6.32. The minimum absolute atomic E-state index is 0.132. The second kappa shape index (κ2) is 6.73. The Bertz CT molecular complexity index is 513. The largest absolute Gasteiger partial charge is 0.283 e. The molecular weight excluding hydrogens is 268 g/mol. The summed E-state index contributed by atoms with van der Waals surface area (Å²) in [5.74, 6) is 0.452. The highest BCUT2D eigenvalue weighted by molar-refractivity contribution is 7.89. The summed E-state index contributed by atoms with van der Waals surface area (Å²) in [5.41, 5.74) is 0.618. The summed E-state index contributed by atoms with van der Waals surface area (Å²) in [6, 6.07) is 8.79. The van der Waals surface area contributed by atoms with Crippen molar-refractivity contribution < 1.29 is 8.78 Å². The molecule has 3 atom stereocenters. The Morgan fingerprint density at radius 3 is 2.58 bits per heavy atom. The van der Waals surface area contributed by atoms with Crippen molar-refractivity contribution in [3.05, 3.63) is 35.6 Å². The Balaban J connectivity index is 0.000000861. The molecule has 1 aromatic rings. The van der Waals surface area contributed by atoms with Crippen LogP contribution >= 0.6 is 0 Å². The molecule has 0 aliphatic carbocycles. The highest BCUT2D eigenvalue weighted by Gasteiger charge is 2.40. The van der Waals surface area contributed by atoms with Crippen LogP contribution < -0.4 is 5.32 Å². The monoisotopic (exact) mass is 285 g/mol. The van der Waals surface area contributed by atoms with Crippen molar-refractivity contribution in [2.24, 2.45) is 4.36 Å². The molecule has 3 nitrogen and oxygen atoms in total. The van der Waals surface area contributed by atoms with Crippen LogP contribution in [-0.4, -0.2) is 24.8 Å². The molecule has 1 heterocycles. The molecule has 1 aliphatic heterocycles. The maximum Gasteiger partial charge on any atom is 0.161 e. The molecule has 19 heavy (non-hydrogen) atoms. The maximum atomic E-state index is 13.7. The van der Waals surface area contributed by atoms with Gasteiger partial charge in [0.2, 0.25) is 0 Å². The van der Waals surface area contributed by atoms with E-state index in [9.17, 15) is 14.0 Å². The number of rotatable bonds is 1. The Morgan fingerprint density at radius 2 is 2.11 bits per heavy atom. The van der Waals surface area contributed by atoms with Gasteiger partial charge in [0.25, 0.3) is 0 Å². The summed E-state index contributed by atoms with van der Waals surface area (Å²) in [5, 5.41) is 12.4. The number of nitrogens with one attached hydrogen (secondary N) is 1. The Morgan fingerprint density at radius 1 is 1.47 bits per heavy atom. The molecule has 1 fully saturated rings. The molecule has 0 radical (unpaired) electrons. The standard InChI is InChI=1S/C12H14FN3S.CH3F/c1-12(8-14)16-11(7-17(12)15-2)9-5-3-4-6-10(9)13;1-2/h3-6,11,16H,7H2,1-2H3;1H3. The second-order valence-electron chi connectivity index (χ2n) is 4.08. The summed E-state index contributed by atoms with van der Waals surface area (Å²) in [7, 11) is 1.82. The number of hydrogen-bond acceptors (Lipinski definition) is 3. The van der Waals surface area contributed by atoms with Gasteiger partial charge in [0.05, 0.1) is 13.2 Å². The number of halogens is 2. The predicted octanol–water partition coefficient (Wildman–Crippen LogP) is 2.73. The molecule has 1 aliphatic rings. The summed E-state index contributed by atoms with van der Waals surface area (Å²) in [4.78, 5) is -0.679. The van der Waals surface area contributed by atoms with Crippen LogP contribution in [0.2, 0.25) is 0 Å². The first kappa shape index (κ1) is 15.7. The van der Waals surface area contributed by atoms with Gasteiger partial charge in [-0.15, -0.1) is 0 Å². The van der Waals surface area contributed by atoms with Crippen molar-refractivity contribution in [2.45, 2.75) is 17.8 Å². The molecule has 1 aromatic carbocycles. The molecule has 6 heteroatoms. The van der Waals surface area contributed by atoms with Gasteiger partial charge in [0.1, 0.15) is 5.82 Å². The molecule has 0 bridgehead atoms. The molecule has 0 saturated carbocycles. The summed E-state index contributed by atoms with van der Waals surface area (Å²) < 4.78 is 27.4. The quantitative estimate of drug-likeness (QED) is 0.862. The molecule has 2 rings (SSSR count). The fraction of sp³-hybridized carbons (Fsp3) is 0.462. The van der Waals surface area contributed by atoms with Gasteiger partial charge < -0.3 is 0 Å². The number of nitrogens with zero attached hydrogens (tertiary/aromatic N) is 2. The van der Waals surface area contributed by atoms with E-state index < -0.39 is 15.6 Å². The fourth-order valence-corrected chi connectivity index (χ4v) is 3.84. The fourth-order valence-electron chi connectivity index (χ4n) is 2.03. The first-order valence-corrected chi connectivity index (χ1v) is 7.08. The van der Waals surface area contributed by atoms with E-state index in [2.05, 4.69) is 15.7 Å². The zero-order valence-electron chi connectivity index (χ0n) is 11.2. The lowest BCUT2D eigenvalue weighted by Crippen LogP contribution is -2.38. The SMILES string of the molecule is CF.CN=S1CC(c2ccccc2F)NC1(C)C#N. The average Bonchev–Trinajstić information content (AvgIpc) is 2.79. The van der Waals surface area contributed by atoms with Crippen molar-refractivity contribution >= 4 is 10.7 Å². The third-order valence-electron chi connectivity index (χ3n) is 2.96. The minimum Gasteiger partial charge on any atom is -0.283 e. The van der Waals surface area contributed by atoms with E-state index in [1.165, 1.54) is 6.07 Å². The van der Waals surface area contributed by atoms with Gasteiger partial charge in [0.15, 0.2) is 4.87 Å². The third-order valence-corrected chi connectivity index (χ3v) is 5.20. The zero-order valence-corrected chi connectivity index (χ0v) is 12.0. The molecule has 3 unspecified atom stereocenters. The maximum absolute atomic E-state index is 13.7. The van der Waals surface area contributed by atoms with Gasteiger partial charge >= 0.3 is 0 Å². The van der Waals surface area contributed by atoms with E-state index in [-0.39, 0.29) is 11.9 Å². The van der Waals surface area contributed by atoms with Gasteiger partial charge in [-0.1, -0.05) is 28.9 Å². The predicted molar refractivity (Wildman–Crippen MR) is 73.9 cm³/mol. The Labute approximate surface area is 114 Å². The first-order chi connectivity index (χ1) is 9.10. The van der Waals surface area contributed by atoms with Crippen LogP contribution in [0.4, 0.5) is 8.78 Å². The van der Waals surface area contributed by atoms with Crippen LogP contribution in [0.3, 0.4) is 0 Å². The summed E-state index contributed by atoms with van der Waals surface area (Å²) in [6.45, 7) is 1.82. The van der Waals surface area contributed by atoms with Crippen molar-refractivity contribution in [2.75, 3.05) is 20.0 Å². The lowest BCUT2D eigenvalue weighted by molar-refractivity contribution is 0.517. The minimum atomic E-state index is -0.679.